The molecule has 0 radical (unpaired) electrons. The number of likely N-dealkylation sites (tertiary alicyclic amines) is 1. The lowest BCUT2D eigenvalue weighted by Crippen LogP contribution is -2.64. The van der Waals surface area contributed by atoms with E-state index in [4.69, 9.17) is 51.6 Å². The third-order valence-electron chi connectivity index (χ3n) is 21.7. The number of benzene rings is 2. The predicted octanol–water partition coefficient (Wildman–Crippen LogP) is -10.6. The number of guanidine groups is 2. The van der Waals surface area contributed by atoms with Gasteiger partial charge in [-0.05, 0) is 165 Å². The van der Waals surface area contributed by atoms with Crippen LogP contribution in [0.4, 0.5) is 0 Å². The van der Waals surface area contributed by atoms with Crippen molar-refractivity contribution in [2.24, 2.45) is 73.4 Å². The molecule has 2 aromatic carbocycles. The Kier molecular flexibility index (Phi) is 51.0. The summed E-state index contributed by atoms with van der Waals surface area (Å²) in [5.41, 5.74) is 52.5. The van der Waals surface area contributed by atoms with Gasteiger partial charge in [-0.1, -0.05) is 58.4 Å². The summed E-state index contributed by atoms with van der Waals surface area (Å²) in [5.74, 6) is -19.4. The van der Waals surface area contributed by atoms with Gasteiger partial charge in [-0.15, -0.1) is 0 Å². The first-order valence-electron chi connectivity index (χ1n) is 44.0. The number of aromatic hydroxyl groups is 2. The summed E-state index contributed by atoms with van der Waals surface area (Å²) in [5, 5.41) is 108. The number of nitrogens with two attached hydrogens (primary N) is 9. The molecule has 752 valence electrons. The Hall–Kier alpha value is -11.6. The molecule has 0 spiro atoms. The van der Waals surface area contributed by atoms with Crippen molar-refractivity contribution in [3.63, 3.8) is 0 Å². The summed E-state index contributed by atoms with van der Waals surface area (Å²) in [6, 6.07) is -14.7. The van der Waals surface area contributed by atoms with Gasteiger partial charge in [0.15, 0.2) is 11.9 Å². The molecule has 20 atom stereocenters. The fourth-order valence-corrected chi connectivity index (χ4v) is 14.1. The van der Waals surface area contributed by atoms with E-state index in [-0.39, 0.29) is 146 Å². The SMILES string of the molecule is CC[C@H](C)[C@H](NC(=O)[C@@H]1C[C@@H](O)CN1C(=O)[C@@H](N)C(C)C)C(=O)N[C@H](C(=O)N[C@@H](Cc1ccc(O)cc1)C(=O)N[C@H](C(=O)N[C@@H](CO)C(=O)N[C@@H](CCCN=C(N)N)C(=O)N[C@@H](CCN)C(=O)N[C@H](C(=O)N[C@H](CCN)C(=O)N[C@@H](CCCCN)C(=O)N[C@@H](CS)C(=O)N[C@@H](CCN)C(=O)N[C@@H](CCCN=C(N)N)C(=O)N[C@@H](Cc1ccc(O)cc1)C(=O)O)[C@@H](C)O)C(C)(C)S)[C@@H](C)O. The number of carboxylic acids is 1. The number of hydrogen-bond acceptors (Lipinski definition) is 31. The highest BCUT2D eigenvalue weighted by Crippen LogP contribution is 2.24. The van der Waals surface area contributed by atoms with Crippen LogP contribution in [0.1, 0.15) is 144 Å². The lowest BCUT2D eigenvalue weighted by Gasteiger charge is -2.33. The van der Waals surface area contributed by atoms with Crippen molar-refractivity contribution >= 4 is 132 Å². The lowest BCUT2D eigenvalue weighted by molar-refractivity contribution is -0.142. The highest BCUT2D eigenvalue weighted by atomic mass is 32.1. The van der Waals surface area contributed by atoms with Gasteiger partial charge in [-0.3, -0.25) is 81.9 Å². The standard InChI is InChI=1S/C83H140N26O23S2/c1-9-41(4)61(105-74(125)59-36-48(115)37-109(59)79(130)60(88)40(2)3)75(126)107-63(43(6)112)77(128)101-55(34-44-17-21-46(113)22-18-44)71(122)108-64(83(7,8)134)78(129)103-57(38-110)72(123)97-50(15-12-32-93-81(89)90)65(116)98-54(27-31-87)70(121)106-62(42(5)111)76(127)100-53(26-30-86)69(120)95-49(14-10-11-28-84)67(118)104-58(39-133)73(124)99-52(25-29-85)68(119)96-51(16-13-33-94-82(91)92)66(117)102-56(80(131)132)35-45-19-23-47(114)24-20-45/h17-24,40-43,48-64,110-115,133-134H,9-16,25-39,84-88H2,1-8H3,(H,95,120)(H,96,119)(H,97,123)(H,98,116)(H,99,124)(H,100,127)(H,101,128)(H,102,117)(H,103,129)(H,104,118)(H,105,125)(H,106,121)(H,107,126)(H,108,122)(H,131,132)(H4,89,90,93)(H4,91,92,94)/t41-,42+,43+,48+,49-,50-,51-,52-,53+,54-,55-,56-,57-,58-,59-,60-,61-,62-,63-,64+/m0/s1. The maximum absolute atomic E-state index is 14.8. The van der Waals surface area contributed by atoms with Gasteiger partial charge in [0.1, 0.15) is 102 Å². The van der Waals surface area contributed by atoms with Crippen molar-refractivity contribution in [2.75, 3.05) is 58.2 Å². The number of phenolic OH excluding ortho intramolecular Hbond substituents is 2. The van der Waals surface area contributed by atoms with Crippen molar-refractivity contribution in [2.45, 2.75) is 265 Å². The number of carbonyl (C=O) groups excluding carboxylic acids is 15. The quantitative estimate of drug-likeness (QED) is 0.0127. The second kappa shape index (κ2) is 58.6. The summed E-state index contributed by atoms with van der Waals surface area (Å²) < 4.78 is -1.60. The first kappa shape index (κ1) is 117. The van der Waals surface area contributed by atoms with E-state index in [0.717, 1.165) is 18.7 Å². The number of thiol groups is 2. The predicted molar refractivity (Wildman–Crippen MR) is 498 cm³/mol. The Bertz CT molecular complexity index is 4280. The maximum atomic E-state index is 14.8. The van der Waals surface area contributed by atoms with E-state index in [2.05, 4.69) is 110 Å². The van der Waals surface area contributed by atoms with Crippen LogP contribution in [0.25, 0.3) is 0 Å². The third kappa shape index (κ3) is 39.5. The smallest absolute Gasteiger partial charge is 0.326 e. The summed E-state index contributed by atoms with van der Waals surface area (Å²) >= 11 is 8.85. The fourth-order valence-electron chi connectivity index (χ4n) is 13.7. The molecule has 2 aromatic rings. The molecule has 49 nitrogen and oxygen atoms in total. The van der Waals surface area contributed by atoms with Gasteiger partial charge >= 0.3 is 5.97 Å². The zero-order valence-corrected chi connectivity index (χ0v) is 78.4. The van der Waals surface area contributed by atoms with Gasteiger partial charge in [-0.2, -0.15) is 25.3 Å². The molecule has 134 heavy (non-hydrogen) atoms. The molecule has 0 aliphatic carbocycles. The topological polar surface area (TPSA) is 845 Å². The van der Waals surface area contributed by atoms with Crippen molar-refractivity contribution in [1.29, 1.82) is 0 Å². The van der Waals surface area contributed by atoms with Crippen LogP contribution in [-0.2, 0) is 89.6 Å². The molecule has 0 saturated carbocycles. The average Bonchev–Trinajstić information content (AvgIpc) is 1.64. The number of hydrogen-bond donors (Lipinski definition) is 32. The largest absolute Gasteiger partial charge is 0.508 e. The van der Waals surface area contributed by atoms with E-state index in [1.54, 1.807) is 27.7 Å². The molecule has 1 heterocycles. The van der Waals surface area contributed by atoms with Crippen LogP contribution in [-0.4, -0.2) is 325 Å². The number of β-amino-alcohol motifs (C(OH)–C–C–N with tert-alkyl or cyclic N) is 1. The summed E-state index contributed by atoms with van der Waals surface area (Å²) in [4.78, 5) is 235. The second-order valence-corrected chi connectivity index (χ2v) is 35.1. The van der Waals surface area contributed by atoms with Gasteiger partial charge in [0, 0.05) is 49.4 Å². The summed E-state index contributed by atoms with van der Waals surface area (Å²) in [6.07, 6.45) is -6.26. The Morgan fingerprint density at radius 1 is 0.455 bits per heavy atom. The molecule has 0 aromatic heterocycles. The van der Waals surface area contributed by atoms with E-state index < -0.39 is 245 Å². The minimum absolute atomic E-state index is 0.0183. The van der Waals surface area contributed by atoms with Crippen LogP contribution in [0.5, 0.6) is 11.5 Å². The average molecular weight is 1930 g/mol. The van der Waals surface area contributed by atoms with E-state index in [1.807, 2.05) is 0 Å². The number of carboxylic acid groups (broad SMARTS) is 1. The van der Waals surface area contributed by atoms with Crippen LogP contribution in [0.2, 0.25) is 0 Å². The Balaban J connectivity index is 1.90. The number of aliphatic hydroxyl groups excluding tert-OH is 4. The van der Waals surface area contributed by atoms with Crippen molar-refractivity contribution in [1.82, 2.24) is 79.3 Å². The molecule has 1 aliphatic heterocycles. The highest BCUT2D eigenvalue weighted by molar-refractivity contribution is 7.81. The van der Waals surface area contributed by atoms with Crippen molar-refractivity contribution in [3.8, 4) is 11.5 Å². The number of nitrogens with one attached hydrogen (secondary N) is 14. The van der Waals surface area contributed by atoms with Crippen molar-refractivity contribution < 1.29 is 112 Å². The number of unbranched alkanes of at least 4 members (excludes halogenated alkanes) is 1. The second-order valence-electron chi connectivity index (χ2n) is 33.6. The number of amides is 15. The normalized spacial score (nSPS) is 17.1. The Morgan fingerprint density at radius 2 is 0.799 bits per heavy atom. The summed E-state index contributed by atoms with van der Waals surface area (Å²) in [6.45, 7) is 9.38. The fraction of sp³-hybridized carbons (Fsp3) is 0.639. The number of phenols is 2. The van der Waals surface area contributed by atoms with Crippen LogP contribution in [0.3, 0.4) is 0 Å². The molecule has 51 heteroatoms. The van der Waals surface area contributed by atoms with Crippen LogP contribution in [0, 0.1) is 11.8 Å². The van der Waals surface area contributed by atoms with Gasteiger partial charge in [0.25, 0.3) is 0 Å². The molecule has 1 aliphatic rings. The van der Waals surface area contributed by atoms with Gasteiger partial charge in [0.05, 0.1) is 31.0 Å². The van der Waals surface area contributed by atoms with Gasteiger partial charge in [0.2, 0.25) is 88.6 Å². The molecule has 39 N–H and O–H groups in total. The third-order valence-corrected chi connectivity index (χ3v) is 22.3. The van der Waals surface area contributed by atoms with E-state index >= 15 is 0 Å². The van der Waals surface area contributed by atoms with E-state index in [9.17, 15) is 112 Å². The van der Waals surface area contributed by atoms with Crippen LogP contribution < -0.4 is 126 Å². The number of nitrogens with zero attached hydrogens (tertiary/aromatic N) is 3. The molecular formula is C83H140N26O23S2. The van der Waals surface area contributed by atoms with Gasteiger partial charge < -0.3 is 167 Å². The molecule has 1 saturated heterocycles. The molecular weight excluding hydrogens is 1790 g/mol. The molecule has 0 unspecified atom stereocenters. The number of rotatable bonds is 60. The maximum Gasteiger partial charge on any atom is 0.326 e. The molecule has 1 fully saturated rings. The molecule has 3 rings (SSSR count). The van der Waals surface area contributed by atoms with Gasteiger partial charge in [-0.25, -0.2) is 4.79 Å². The highest BCUT2D eigenvalue weighted by Gasteiger charge is 2.45. The molecule has 15 amide bonds. The monoisotopic (exact) mass is 1930 g/mol. The van der Waals surface area contributed by atoms with Crippen LogP contribution >= 0.6 is 25.3 Å². The summed E-state index contributed by atoms with van der Waals surface area (Å²) in [7, 11) is 0. The first-order valence-corrected chi connectivity index (χ1v) is 45.1. The first-order chi connectivity index (χ1) is 63.0. The van der Waals surface area contributed by atoms with E-state index in [0.29, 0.717) is 17.5 Å². The number of aliphatic carboxylic acids is 1. The van der Waals surface area contributed by atoms with E-state index in [1.165, 1.54) is 62.4 Å². The molecule has 0 bridgehead atoms. The Labute approximate surface area is 787 Å². The zero-order valence-electron chi connectivity index (χ0n) is 76.6. The van der Waals surface area contributed by atoms with Crippen molar-refractivity contribution in [3.05, 3.63) is 59.7 Å². The minimum atomic E-state index is -1.97. The Morgan fingerprint density at radius 3 is 1.17 bits per heavy atom. The zero-order chi connectivity index (χ0) is 101. The number of aliphatic imine (C=N–C) groups is 2. The number of aliphatic hydroxyl groups is 4. The minimum Gasteiger partial charge on any atom is -0.508 e. The number of carbonyl (C=O) groups is 16. The van der Waals surface area contributed by atoms with Crippen LogP contribution in [0.15, 0.2) is 58.5 Å². The lowest BCUT2D eigenvalue weighted by atomic mass is 9.96.